The Morgan fingerprint density at radius 2 is 1.86 bits per heavy atom. The smallest absolute Gasteiger partial charge is 0.166 e. The summed E-state index contributed by atoms with van der Waals surface area (Å²) >= 11 is 0. The summed E-state index contributed by atoms with van der Waals surface area (Å²) in [6.45, 7) is 7.08. The second kappa shape index (κ2) is 10.7. The van der Waals surface area contributed by atoms with E-state index in [1.807, 2.05) is 12.1 Å². The van der Waals surface area contributed by atoms with Crippen LogP contribution in [-0.4, -0.2) is 67.0 Å². The molecule has 0 aromatic heterocycles. The molecule has 37 heavy (non-hydrogen) atoms. The number of aliphatic hydroxyl groups is 1. The summed E-state index contributed by atoms with van der Waals surface area (Å²) in [6.07, 6.45) is 10.3. The first-order valence-electron chi connectivity index (χ1n) is 14.1. The van der Waals surface area contributed by atoms with Crippen molar-refractivity contribution in [2.24, 2.45) is 0 Å². The van der Waals surface area contributed by atoms with Gasteiger partial charge in [0.2, 0.25) is 0 Å². The van der Waals surface area contributed by atoms with Crippen molar-refractivity contribution in [1.82, 2.24) is 9.80 Å². The minimum absolute atomic E-state index is 0.0429. The number of rotatable bonds is 8. The first-order valence-corrected chi connectivity index (χ1v) is 14.1. The molecule has 1 fully saturated rings. The van der Waals surface area contributed by atoms with Crippen molar-refractivity contribution in [2.45, 2.75) is 69.2 Å². The quantitative estimate of drug-likeness (QED) is 0.416. The molecule has 1 saturated heterocycles. The fourth-order valence-corrected chi connectivity index (χ4v) is 6.73. The number of methoxy groups -OCH3 is 1. The molecule has 6 rings (SSSR count). The van der Waals surface area contributed by atoms with Crippen molar-refractivity contribution in [3.05, 3.63) is 65.2 Å². The Hall–Kier alpha value is -2.54. The highest BCUT2D eigenvalue weighted by molar-refractivity contribution is 5.61. The standard InChI is InChI=1S/C31H40N2O4/c1-35-27-11-8-24-22-33(18-14-31-13-12-25(34)20-28(31)37-30(27)29(24)31)17-5-19-36-26-9-6-23(7-10-26)21-32-15-3-2-4-16-32/h6-13,25,28,34H,2-5,14-22H2,1H3/t25-,28-,31-/m0/s1. The van der Waals surface area contributed by atoms with Crippen LogP contribution in [0, 0.1) is 0 Å². The van der Waals surface area contributed by atoms with E-state index < -0.39 is 6.10 Å². The molecule has 0 unspecified atom stereocenters. The lowest BCUT2D eigenvalue weighted by atomic mass is 9.69. The summed E-state index contributed by atoms with van der Waals surface area (Å²) in [7, 11) is 1.70. The minimum Gasteiger partial charge on any atom is -0.494 e. The summed E-state index contributed by atoms with van der Waals surface area (Å²) in [6, 6.07) is 12.9. The van der Waals surface area contributed by atoms with Gasteiger partial charge in [0.15, 0.2) is 11.5 Å². The van der Waals surface area contributed by atoms with Crippen LogP contribution >= 0.6 is 0 Å². The number of hydrogen-bond donors (Lipinski definition) is 1. The Kier molecular flexibility index (Phi) is 7.15. The van der Waals surface area contributed by atoms with Crippen molar-refractivity contribution in [1.29, 1.82) is 0 Å². The van der Waals surface area contributed by atoms with Crippen LogP contribution in [-0.2, 0) is 18.5 Å². The molecule has 6 heteroatoms. The zero-order valence-corrected chi connectivity index (χ0v) is 22.0. The number of likely N-dealkylation sites (tertiary alicyclic amines) is 1. The molecule has 198 valence electrons. The van der Waals surface area contributed by atoms with Gasteiger partial charge in [-0.2, -0.15) is 0 Å². The van der Waals surface area contributed by atoms with Crippen LogP contribution in [0.15, 0.2) is 48.6 Å². The minimum atomic E-state index is -0.449. The van der Waals surface area contributed by atoms with Gasteiger partial charge in [-0.05, 0) is 74.6 Å². The van der Waals surface area contributed by atoms with Gasteiger partial charge >= 0.3 is 0 Å². The normalized spacial score (nSPS) is 27.2. The summed E-state index contributed by atoms with van der Waals surface area (Å²) in [5, 5.41) is 10.3. The monoisotopic (exact) mass is 504 g/mol. The number of ether oxygens (including phenoxy) is 3. The molecule has 4 aliphatic rings. The molecule has 2 aromatic carbocycles. The molecule has 1 N–H and O–H groups in total. The van der Waals surface area contributed by atoms with Crippen LogP contribution in [0.2, 0.25) is 0 Å². The molecule has 0 bridgehead atoms. The molecule has 3 atom stereocenters. The number of benzene rings is 2. The Bertz CT molecular complexity index is 1110. The third-order valence-electron chi connectivity index (χ3n) is 8.70. The van der Waals surface area contributed by atoms with Crippen LogP contribution in [0.25, 0.3) is 0 Å². The summed E-state index contributed by atoms with van der Waals surface area (Å²) in [5.41, 5.74) is 3.76. The van der Waals surface area contributed by atoms with E-state index >= 15 is 0 Å². The Morgan fingerprint density at radius 1 is 1.03 bits per heavy atom. The van der Waals surface area contributed by atoms with Crippen molar-refractivity contribution in [3.8, 4) is 17.2 Å². The van der Waals surface area contributed by atoms with Gasteiger partial charge in [-0.15, -0.1) is 0 Å². The van der Waals surface area contributed by atoms with Gasteiger partial charge in [-0.3, -0.25) is 9.80 Å². The number of hydrogen-bond acceptors (Lipinski definition) is 6. The van der Waals surface area contributed by atoms with Crippen LogP contribution in [0.3, 0.4) is 0 Å². The van der Waals surface area contributed by atoms with Gasteiger partial charge in [0.25, 0.3) is 0 Å². The summed E-state index contributed by atoms with van der Waals surface area (Å²) in [4.78, 5) is 5.09. The SMILES string of the molecule is COc1ccc2c3c1O[C@H]1C[C@@H](O)C=C[C@@]31CCN(CCCOc1ccc(CN3CCCCC3)cc1)C2. The third-order valence-corrected chi connectivity index (χ3v) is 8.70. The predicted molar refractivity (Wildman–Crippen MR) is 144 cm³/mol. The molecule has 1 aliphatic carbocycles. The van der Waals surface area contributed by atoms with E-state index in [-0.39, 0.29) is 11.5 Å². The van der Waals surface area contributed by atoms with E-state index in [2.05, 4.69) is 46.2 Å². The van der Waals surface area contributed by atoms with Gasteiger partial charge in [0.1, 0.15) is 11.9 Å². The highest BCUT2D eigenvalue weighted by Crippen LogP contribution is 2.55. The first kappa shape index (κ1) is 24.8. The Morgan fingerprint density at radius 3 is 2.68 bits per heavy atom. The van der Waals surface area contributed by atoms with E-state index in [0.29, 0.717) is 13.0 Å². The van der Waals surface area contributed by atoms with Crippen LogP contribution in [0.5, 0.6) is 17.2 Å². The zero-order valence-electron chi connectivity index (χ0n) is 22.0. The van der Waals surface area contributed by atoms with E-state index in [1.165, 1.54) is 49.0 Å². The highest BCUT2D eigenvalue weighted by Gasteiger charge is 2.52. The maximum atomic E-state index is 10.3. The topological polar surface area (TPSA) is 54.4 Å². The number of aliphatic hydroxyl groups excluding tert-OH is 1. The molecule has 6 nitrogen and oxygen atoms in total. The second-order valence-corrected chi connectivity index (χ2v) is 11.1. The third kappa shape index (κ3) is 4.99. The lowest BCUT2D eigenvalue weighted by Crippen LogP contribution is -2.43. The molecule has 2 aromatic rings. The van der Waals surface area contributed by atoms with Gasteiger partial charge in [-0.25, -0.2) is 0 Å². The predicted octanol–water partition coefficient (Wildman–Crippen LogP) is 4.68. The molecule has 0 amide bonds. The van der Waals surface area contributed by atoms with Crippen LogP contribution in [0.4, 0.5) is 0 Å². The maximum Gasteiger partial charge on any atom is 0.166 e. The zero-order chi connectivity index (χ0) is 25.2. The number of piperidine rings is 1. The Balaban J connectivity index is 1.06. The molecule has 1 spiro atoms. The summed E-state index contributed by atoms with van der Waals surface area (Å²) in [5.74, 6) is 2.62. The fraction of sp³-hybridized carbons (Fsp3) is 0.548. The van der Waals surface area contributed by atoms with Gasteiger partial charge in [0.05, 0.1) is 25.2 Å². The van der Waals surface area contributed by atoms with Crippen molar-refractivity contribution in [2.75, 3.05) is 39.9 Å². The van der Waals surface area contributed by atoms with E-state index in [4.69, 9.17) is 14.2 Å². The van der Waals surface area contributed by atoms with E-state index in [0.717, 1.165) is 56.3 Å². The van der Waals surface area contributed by atoms with Gasteiger partial charge in [0, 0.05) is 31.6 Å². The lowest BCUT2D eigenvalue weighted by Gasteiger charge is -2.35. The summed E-state index contributed by atoms with van der Waals surface area (Å²) < 4.78 is 18.2. The highest BCUT2D eigenvalue weighted by atomic mass is 16.5. The van der Waals surface area contributed by atoms with Crippen LogP contribution in [0.1, 0.15) is 55.2 Å². The lowest BCUT2D eigenvalue weighted by molar-refractivity contribution is 0.0807. The Labute approximate surface area is 220 Å². The average molecular weight is 505 g/mol. The van der Waals surface area contributed by atoms with Crippen LogP contribution < -0.4 is 14.2 Å². The average Bonchev–Trinajstić information content (AvgIpc) is 3.16. The van der Waals surface area contributed by atoms with Crippen molar-refractivity contribution in [3.63, 3.8) is 0 Å². The molecule has 3 aliphatic heterocycles. The van der Waals surface area contributed by atoms with Crippen molar-refractivity contribution >= 4 is 0 Å². The fourth-order valence-electron chi connectivity index (χ4n) is 6.73. The molecule has 3 heterocycles. The van der Waals surface area contributed by atoms with Crippen molar-refractivity contribution < 1.29 is 19.3 Å². The van der Waals surface area contributed by atoms with Gasteiger partial charge in [-0.1, -0.05) is 36.8 Å². The molecule has 0 saturated carbocycles. The molecule has 0 radical (unpaired) electrons. The first-order chi connectivity index (χ1) is 18.1. The molecular weight excluding hydrogens is 464 g/mol. The van der Waals surface area contributed by atoms with Gasteiger partial charge < -0.3 is 19.3 Å². The number of nitrogens with zero attached hydrogens (tertiary/aromatic N) is 2. The van der Waals surface area contributed by atoms with E-state index in [1.54, 1.807) is 7.11 Å². The van der Waals surface area contributed by atoms with E-state index in [9.17, 15) is 5.11 Å². The largest absolute Gasteiger partial charge is 0.494 e. The second-order valence-electron chi connectivity index (χ2n) is 11.1. The maximum absolute atomic E-state index is 10.3. The molecular formula is C31H40N2O4.